The molecule has 0 amide bonds. The first-order valence-electron chi connectivity index (χ1n) is 4.80. The predicted octanol–water partition coefficient (Wildman–Crippen LogP) is -0.702. The van der Waals surface area contributed by atoms with Crippen LogP contribution in [0.15, 0.2) is 0 Å². The summed E-state index contributed by atoms with van der Waals surface area (Å²) in [5, 5.41) is 9.12. The van der Waals surface area contributed by atoms with Crippen molar-refractivity contribution in [3.63, 3.8) is 0 Å². The van der Waals surface area contributed by atoms with Crippen molar-refractivity contribution in [1.29, 1.82) is 0 Å². The second-order valence-corrected chi connectivity index (χ2v) is 3.31. The van der Waals surface area contributed by atoms with Crippen LogP contribution in [0.25, 0.3) is 0 Å². The minimum Gasteiger partial charge on any atom is -0.395 e. The van der Waals surface area contributed by atoms with Gasteiger partial charge in [0.25, 0.3) is 0 Å². The van der Waals surface area contributed by atoms with Crippen LogP contribution in [0.2, 0.25) is 0 Å². The lowest BCUT2D eigenvalue weighted by Gasteiger charge is -2.35. The number of aliphatic hydroxyl groups excluding tert-OH is 1. The summed E-state index contributed by atoms with van der Waals surface area (Å²) in [6.07, 6.45) is -0.234. The van der Waals surface area contributed by atoms with Crippen molar-refractivity contribution in [2.75, 3.05) is 47.1 Å². The summed E-state index contributed by atoms with van der Waals surface area (Å²) in [5.74, 6) is 0. The maximum absolute atomic E-state index is 9.12. The minimum atomic E-state index is -0.234. The molecule has 0 saturated carbocycles. The molecule has 0 aromatic carbocycles. The van der Waals surface area contributed by atoms with E-state index in [1.54, 1.807) is 14.2 Å². The van der Waals surface area contributed by atoms with Crippen molar-refractivity contribution < 1.29 is 19.3 Å². The fraction of sp³-hybridized carbons (Fsp3) is 1.00. The van der Waals surface area contributed by atoms with E-state index in [2.05, 4.69) is 4.90 Å². The lowest BCUT2D eigenvalue weighted by Crippen LogP contribution is -2.50. The Kier molecular flexibility index (Phi) is 5.36. The van der Waals surface area contributed by atoms with Gasteiger partial charge in [-0.2, -0.15) is 0 Å². The summed E-state index contributed by atoms with van der Waals surface area (Å²) < 4.78 is 15.5. The Labute approximate surface area is 84.5 Å². The number of methoxy groups -OCH3 is 2. The number of nitrogens with zero attached hydrogens (tertiary/aromatic N) is 1. The Balaban J connectivity index is 2.39. The Morgan fingerprint density at radius 3 is 2.79 bits per heavy atom. The van der Waals surface area contributed by atoms with Crippen molar-refractivity contribution in [1.82, 2.24) is 4.90 Å². The molecule has 1 unspecified atom stereocenters. The Morgan fingerprint density at radius 1 is 1.50 bits per heavy atom. The molecule has 84 valence electrons. The number of hydrogen-bond acceptors (Lipinski definition) is 5. The molecule has 14 heavy (non-hydrogen) atoms. The highest BCUT2D eigenvalue weighted by molar-refractivity contribution is 4.75. The lowest BCUT2D eigenvalue weighted by atomic mass is 10.2. The molecule has 1 aliphatic heterocycles. The van der Waals surface area contributed by atoms with Gasteiger partial charge in [-0.15, -0.1) is 0 Å². The highest BCUT2D eigenvalue weighted by Gasteiger charge is 2.24. The van der Waals surface area contributed by atoms with Crippen molar-refractivity contribution in [2.45, 2.75) is 12.3 Å². The molecule has 1 fully saturated rings. The third kappa shape index (κ3) is 3.18. The molecule has 1 saturated heterocycles. The summed E-state index contributed by atoms with van der Waals surface area (Å²) >= 11 is 0. The fourth-order valence-electron chi connectivity index (χ4n) is 1.53. The number of rotatable bonds is 5. The fourth-order valence-corrected chi connectivity index (χ4v) is 1.53. The topological polar surface area (TPSA) is 51.2 Å². The van der Waals surface area contributed by atoms with Crippen molar-refractivity contribution in [2.24, 2.45) is 0 Å². The van der Waals surface area contributed by atoms with E-state index in [0.717, 1.165) is 6.54 Å². The molecule has 0 bridgehead atoms. The van der Waals surface area contributed by atoms with E-state index in [1.807, 2.05) is 0 Å². The largest absolute Gasteiger partial charge is 0.395 e. The zero-order chi connectivity index (χ0) is 10.4. The van der Waals surface area contributed by atoms with Gasteiger partial charge >= 0.3 is 0 Å². The van der Waals surface area contributed by atoms with Crippen LogP contribution in [0.1, 0.15) is 0 Å². The van der Waals surface area contributed by atoms with Crippen LogP contribution in [0, 0.1) is 0 Å². The van der Waals surface area contributed by atoms with E-state index >= 15 is 0 Å². The number of ether oxygens (including phenoxy) is 3. The molecule has 0 radical (unpaired) electrons. The molecule has 1 heterocycles. The molecular weight excluding hydrogens is 186 g/mol. The van der Waals surface area contributed by atoms with Crippen molar-refractivity contribution in [3.05, 3.63) is 0 Å². The van der Waals surface area contributed by atoms with Crippen LogP contribution in [0.3, 0.4) is 0 Å². The normalized spacial score (nSPS) is 24.4. The Bertz CT molecular complexity index is 152. The summed E-state index contributed by atoms with van der Waals surface area (Å²) in [6.45, 7) is 2.88. The monoisotopic (exact) mass is 205 g/mol. The maximum Gasteiger partial charge on any atom is 0.169 e. The van der Waals surface area contributed by atoms with Crippen LogP contribution >= 0.6 is 0 Å². The third-order valence-electron chi connectivity index (χ3n) is 2.47. The zero-order valence-corrected chi connectivity index (χ0v) is 8.81. The molecule has 1 atom stereocenters. The second kappa shape index (κ2) is 6.31. The molecule has 0 aromatic heterocycles. The van der Waals surface area contributed by atoms with Gasteiger partial charge in [-0.25, -0.2) is 0 Å². The van der Waals surface area contributed by atoms with E-state index in [0.29, 0.717) is 19.8 Å². The standard InChI is InChI=1S/C9H19NO4/c1-12-9(13-2)5-10-3-4-14-7-8(10)6-11/h8-9,11H,3-7H2,1-2H3. The highest BCUT2D eigenvalue weighted by Crippen LogP contribution is 2.08. The smallest absolute Gasteiger partial charge is 0.169 e. The molecule has 1 rings (SSSR count). The lowest BCUT2D eigenvalue weighted by molar-refractivity contribution is -0.136. The van der Waals surface area contributed by atoms with E-state index in [9.17, 15) is 0 Å². The van der Waals surface area contributed by atoms with Gasteiger partial charge in [-0.05, 0) is 0 Å². The first kappa shape index (κ1) is 11.9. The summed E-state index contributed by atoms with van der Waals surface area (Å²) in [7, 11) is 3.23. The van der Waals surface area contributed by atoms with Gasteiger partial charge in [0.2, 0.25) is 0 Å². The Hall–Kier alpha value is -0.200. The molecule has 5 nitrogen and oxygen atoms in total. The number of hydrogen-bond donors (Lipinski definition) is 1. The highest BCUT2D eigenvalue weighted by atomic mass is 16.7. The van der Waals surface area contributed by atoms with E-state index in [4.69, 9.17) is 19.3 Å². The molecule has 1 N–H and O–H groups in total. The van der Waals surface area contributed by atoms with Crippen LogP contribution in [0.4, 0.5) is 0 Å². The van der Waals surface area contributed by atoms with Gasteiger partial charge in [0.05, 0.1) is 32.4 Å². The quantitative estimate of drug-likeness (QED) is 0.601. The molecule has 0 aliphatic carbocycles. The summed E-state index contributed by atoms with van der Waals surface area (Å²) in [6, 6.07) is 0.0662. The predicted molar refractivity (Wildman–Crippen MR) is 51.1 cm³/mol. The molecule has 0 spiro atoms. The van der Waals surface area contributed by atoms with E-state index in [-0.39, 0.29) is 18.9 Å². The average Bonchev–Trinajstić information content (AvgIpc) is 2.26. The van der Waals surface area contributed by atoms with Gasteiger partial charge in [-0.3, -0.25) is 4.90 Å². The van der Waals surface area contributed by atoms with E-state index < -0.39 is 0 Å². The van der Waals surface area contributed by atoms with E-state index in [1.165, 1.54) is 0 Å². The third-order valence-corrected chi connectivity index (χ3v) is 2.47. The molecular formula is C9H19NO4. The first-order chi connectivity index (χ1) is 6.81. The summed E-state index contributed by atoms with van der Waals surface area (Å²) in [5.41, 5.74) is 0. The van der Waals surface area contributed by atoms with Crippen molar-refractivity contribution in [3.8, 4) is 0 Å². The minimum absolute atomic E-state index is 0.0662. The van der Waals surface area contributed by atoms with Crippen LogP contribution in [-0.4, -0.2) is 69.5 Å². The average molecular weight is 205 g/mol. The van der Waals surface area contributed by atoms with Gasteiger partial charge in [0.15, 0.2) is 6.29 Å². The first-order valence-corrected chi connectivity index (χ1v) is 4.80. The van der Waals surface area contributed by atoms with Crippen molar-refractivity contribution >= 4 is 0 Å². The zero-order valence-electron chi connectivity index (χ0n) is 8.81. The number of morpholine rings is 1. The van der Waals surface area contributed by atoms with Crippen LogP contribution in [-0.2, 0) is 14.2 Å². The molecule has 1 aliphatic rings. The van der Waals surface area contributed by atoms with Gasteiger partial charge in [0.1, 0.15) is 0 Å². The van der Waals surface area contributed by atoms with Gasteiger partial charge in [0, 0.05) is 20.8 Å². The maximum atomic E-state index is 9.12. The molecule has 5 heteroatoms. The SMILES string of the molecule is COC(CN1CCOCC1CO)OC. The number of aliphatic hydroxyl groups is 1. The van der Waals surface area contributed by atoms with Gasteiger partial charge in [-0.1, -0.05) is 0 Å². The Morgan fingerprint density at radius 2 is 2.21 bits per heavy atom. The van der Waals surface area contributed by atoms with Crippen LogP contribution < -0.4 is 0 Å². The van der Waals surface area contributed by atoms with Crippen LogP contribution in [0.5, 0.6) is 0 Å². The summed E-state index contributed by atoms with van der Waals surface area (Å²) in [4.78, 5) is 2.13. The van der Waals surface area contributed by atoms with Gasteiger partial charge < -0.3 is 19.3 Å². The molecule has 0 aromatic rings. The second-order valence-electron chi connectivity index (χ2n) is 3.31.